The summed E-state index contributed by atoms with van der Waals surface area (Å²) in [6, 6.07) is -0.188. The number of aliphatic hydroxyl groups is 1. The van der Waals surface area contributed by atoms with Crippen molar-refractivity contribution in [3.63, 3.8) is 0 Å². The topological polar surface area (TPSA) is 106 Å². The summed E-state index contributed by atoms with van der Waals surface area (Å²) in [7, 11) is 0. The SMILES string of the molecule is C.C=C[C@H]1CCN(C(=O)OC(C)(C)C)[C@@H]1CO.C=C[C@H]1CCN(C(=O)OC(C)(C)C)[C@@H]1OC=O. The summed E-state index contributed by atoms with van der Waals surface area (Å²) in [5, 5.41) is 9.29. The molecule has 0 aliphatic carbocycles. The van der Waals surface area contributed by atoms with Crippen LogP contribution in [0.4, 0.5) is 9.59 Å². The molecule has 0 spiro atoms. The molecule has 2 heterocycles. The molecule has 2 fully saturated rings. The number of carbonyl (C=O) groups excluding carboxylic acids is 3. The van der Waals surface area contributed by atoms with Crippen molar-refractivity contribution in [1.29, 1.82) is 0 Å². The molecule has 2 aliphatic rings. The number of ether oxygens (including phenoxy) is 3. The van der Waals surface area contributed by atoms with Crippen molar-refractivity contribution in [3.8, 4) is 0 Å². The minimum absolute atomic E-state index is 0. The van der Waals surface area contributed by atoms with Crippen molar-refractivity contribution in [3.05, 3.63) is 25.3 Å². The molecule has 0 bridgehead atoms. The van der Waals surface area contributed by atoms with Gasteiger partial charge in [-0.05, 0) is 54.4 Å². The molecule has 34 heavy (non-hydrogen) atoms. The van der Waals surface area contributed by atoms with Crippen LogP contribution >= 0.6 is 0 Å². The first-order valence-corrected chi connectivity index (χ1v) is 11.2. The lowest BCUT2D eigenvalue weighted by Crippen LogP contribution is -2.42. The molecular formula is C25H44N2O7. The third-order valence-corrected chi connectivity index (χ3v) is 5.22. The number of likely N-dealkylation sites (tertiary alicyclic amines) is 2. The van der Waals surface area contributed by atoms with Crippen molar-refractivity contribution in [1.82, 2.24) is 9.80 Å². The van der Waals surface area contributed by atoms with Gasteiger partial charge in [-0.15, -0.1) is 13.2 Å². The number of nitrogens with zero attached hydrogens (tertiary/aromatic N) is 2. The van der Waals surface area contributed by atoms with Gasteiger partial charge in [0.05, 0.1) is 12.6 Å². The third kappa shape index (κ3) is 9.37. The van der Waals surface area contributed by atoms with Crippen LogP contribution in [0.1, 0.15) is 61.8 Å². The Hall–Kier alpha value is -2.55. The van der Waals surface area contributed by atoms with E-state index < -0.39 is 23.5 Å². The van der Waals surface area contributed by atoms with Crippen LogP contribution in [0.25, 0.3) is 0 Å². The number of hydrogen-bond acceptors (Lipinski definition) is 7. The van der Waals surface area contributed by atoms with Crippen LogP contribution in [0, 0.1) is 11.8 Å². The van der Waals surface area contributed by atoms with Crippen molar-refractivity contribution in [2.24, 2.45) is 11.8 Å². The monoisotopic (exact) mass is 484 g/mol. The predicted octanol–water partition coefficient (Wildman–Crippen LogP) is 4.35. The lowest BCUT2D eigenvalue weighted by Gasteiger charge is -2.28. The second-order valence-corrected chi connectivity index (χ2v) is 10.1. The molecule has 9 heteroatoms. The average Bonchev–Trinajstić information content (AvgIpc) is 3.29. The Morgan fingerprint density at radius 3 is 1.76 bits per heavy atom. The molecule has 2 rings (SSSR count). The quantitative estimate of drug-likeness (QED) is 0.351. The van der Waals surface area contributed by atoms with Crippen LogP contribution in [-0.2, 0) is 19.0 Å². The number of carbonyl (C=O) groups is 3. The average molecular weight is 485 g/mol. The number of aliphatic hydroxyl groups excluding tert-OH is 1. The number of rotatable bonds is 5. The summed E-state index contributed by atoms with van der Waals surface area (Å²) < 4.78 is 15.5. The molecule has 0 aromatic heterocycles. The van der Waals surface area contributed by atoms with E-state index in [-0.39, 0.29) is 38.0 Å². The highest BCUT2D eigenvalue weighted by molar-refractivity contribution is 5.69. The maximum atomic E-state index is 11.9. The van der Waals surface area contributed by atoms with Gasteiger partial charge in [-0.25, -0.2) is 9.59 Å². The summed E-state index contributed by atoms with van der Waals surface area (Å²) in [5.74, 6) is 0.130. The van der Waals surface area contributed by atoms with E-state index in [0.29, 0.717) is 19.6 Å². The Morgan fingerprint density at radius 2 is 1.35 bits per heavy atom. The Bertz CT molecular complexity index is 696. The highest BCUT2D eigenvalue weighted by Crippen LogP contribution is 2.28. The normalized spacial score (nSPS) is 24.2. The Morgan fingerprint density at radius 1 is 0.912 bits per heavy atom. The Kier molecular flexibility index (Phi) is 12.4. The van der Waals surface area contributed by atoms with E-state index in [9.17, 15) is 19.5 Å². The summed E-state index contributed by atoms with van der Waals surface area (Å²) in [4.78, 5) is 37.2. The highest BCUT2D eigenvalue weighted by Gasteiger charge is 2.39. The first-order chi connectivity index (χ1) is 15.3. The fourth-order valence-electron chi connectivity index (χ4n) is 3.70. The summed E-state index contributed by atoms with van der Waals surface area (Å²) in [5.41, 5.74) is -1.06. The minimum Gasteiger partial charge on any atom is -0.444 e. The molecule has 1 N–H and O–H groups in total. The molecule has 2 saturated heterocycles. The predicted molar refractivity (Wildman–Crippen MR) is 131 cm³/mol. The molecule has 0 radical (unpaired) electrons. The fourth-order valence-corrected chi connectivity index (χ4v) is 3.70. The van der Waals surface area contributed by atoms with Crippen molar-refractivity contribution in [2.45, 2.75) is 85.3 Å². The minimum atomic E-state index is -0.597. The Labute approximate surface area is 204 Å². The van der Waals surface area contributed by atoms with Crippen molar-refractivity contribution in [2.75, 3.05) is 19.7 Å². The van der Waals surface area contributed by atoms with Crippen molar-refractivity contribution >= 4 is 18.7 Å². The second kappa shape index (κ2) is 13.4. The molecule has 2 amide bonds. The highest BCUT2D eigenvalue weighted by atomic mass is 16.6. The summed E-state index contributed by atoms with van der Waals surface area (Å²) >= 11 is 0. The van der Waals surface area contributed by atoms with Gasteiger partial charge in [0.25, 0.3) is 6.47 Å². The van der Waals surface area contributed by atoms with Gasteiger partial charge in [-0.3, -0.25) is 9.69 Å². The standard InChI is InChI=1S/C12H19NO4.C12H21NO3.CH4/c1-5-9-6-7-13(10(9)16-8-14)11(15)17-12(2,3)4;1-5-9-6-7-13(10(9)8-14)11(15)16-12(2,3)4;/h5,8-10H,1,6-7H2,2-4H3;5,9-10,14H,1,6-8H2,2-4H3;1H4/t2*9-,10+;/m00./s1. The Balaban J connectivity index is 0.000000623. The maximum Gasteiger partial charge on any atom is 0.413 e. The number of amides is 2. The third-order valence-electron chi connectivity index (χ3n) is 5.22. The van der Waals surface area contributed by atoms with Crippen LogP contribution < -0.4 is 0 Å². The molecule has 0 unspecified atom stereocenters. The molecule has 2 aliphatic heterocycles. The zero-order chi connectivity index (χ0) is 25.4. The molecular weight excluding hydrogens is 440 g/mol. The van der Waals surface area contributed by atoms with Gasteiger partial charge < -0.3 is 24.2 Å². The first kappa shape index (κ1) is 31.4. The van der Waals surface area contributed by atoms with E-state index in [4.69, 9.17) is 14.2 Å². The van der Waals surface area contributed by atoms with Gasteiger partial charge in [0.15, 0.2) is 6.23 Å². The van der Waals surface area contributed by atoms with Gasteiger partial charge >= 0.3 is 12.2 Å². The fraction of sp³-hybridized carbons (Fsp3) is 0.720. The van der Waals surface area contributed by atoms with Gasteiger partial charge in [0, 0.05) is 24.9 Å². The zero-order valence-electron chi connectivity index (χ0n) is 20.8. The van der Waals surface area contributed by atoms with E-state index in [1.165, 1.54) is 4.90 Å². The maximum absolute atomic E-state index is 11.9. The molecule has 0 saturated carbocycles. The van der Waals surface area contributed by atoms with Gasteiger partial charge in [0.2, 0.25) is 0 Å². The summed E-state index contributed by atoms with van der Waals surface area (Å²) in [6.45, 7) is 19.7. The molecule has 9 nitrogen and oxygen atoms in total. The zero-order valence-corrected chi connectivity index (χ0v) is 20.8. The van der Waals surface area contributed by atoms with Crippen LogP contribution in [-0.4, -0.2) is 76.7 Å². The van der Waals surface area contributed by atoms with Crippen LogP contribution in [0.15, 0.2) is 25.3 Å². The van der Waals surface area contributed by atoms with Crippen LogP contribution in [0.3, 0.4) is 0 Å². The van der Waals surface area contributed by atoms with E-state index in [0.717, 1.165) is 12.8 Å². The van der Waals surface area contributed by atoms with Gasteiger partial charge in [-0.2, -0.15) is 0 Å². The smallest absolute Gasteiger partial charge is 0.413 e. The first-order valence-electron chi connectivity index (χ1n) is 11.2. The van der Waals surface area contributed by atoms with Crippen molar-refractivity contribution < 1.29 is 33.7 Å². The van der Waals surface area contributed by atoms with Gasteiger partial charge in [0.1, 0.15) is 11.2 Å². The second-order valence-electron chi connectivity index (χ2n) is 10.1. The number of hydrogen-bond donors (Lipinski definition) is 1. The van der Waals surface area contributed by atoms with Crippen LogP contribution in [0.5, 0.6) is 0 Å². The molecule has 196 valence electrons. The van der Waals surface area contributed by atoms with E-state index in [2.05, 4.69) is 13.2 Å². The van der Waals surface area contributed by atoms with E-state index >= 15 is 0 Å². The van der Waals surface area contributed by atoms with E-state index in [1.54, 1.807) is 37.8 Å². The molecule has 0 aromatic carbocycles. The van der Waals surface area contributed by atoms with Crippen LogP contribution in [0.2, 0.25) is 0 Å². The molecule has 0 aromatic rings. The lowest BCUT2D eigenvalue weighted by atomic mass is 10.0. The lowest BCUT2D eigenvalue weighted by molar-refractivity contribution is -0.141. The molecule has 4 atom stereocenters. The largest absolute Gasteiger partial charge is 0.444 e. The summed E-state index contributed by atoms with van der Waals surface area (Å²) in [6.07, 6.45) is 3.64. The van der Waals surface area contributed by atoms with Gasteiger partial charge in [-0.1, -0.05) is 19.6 Å². The van der Waals surface area contributed by atoms with E-state index in [1.807, 2.05) is 20.8 Å².